The zero-order valence-electron chi connectivity index (χ0n) is 51.9. The monoisotopic (exact) mass is 1220 g/mol. The second-order valence-electron chi connectivity index (χ2n) is 23.3. The molecule has 8 nitrogen and oxygen atoms in total. The Morgan fingerprint density at radius 1 is 0.177 bits per heavy atom. The first-order valence-corrected chi connectivity index (χ1v) is 31.7. The molecule has 8 heteroatoms. The van der Waals surface area contributed by atoms with Gasteiger partial charge < -0.3 is 0 Å². The third kappa shape index (κ3) is 12.8. The van der Waals surface area contributed by atoms with Crippen molar-refractivity contribution in [2.24, 2.45) is 0 Å². The molecule has 0 spiro atoms. The van der Waals surface area contributed by atoms with Crippen LogP contribution < -0.4 is 0 Å². The van der Waals surface area contributed by atoms with E-state index in [9.17, 15) is 10.5 Å². The summed E-state index contributed by atoms with van der Waals surface area (Å²) in [7, 11) is 0. The summed E-state index contributed by atoms with van der Waals surface area (Å²) in [5.41, 5.74) is 20.3. The fraction of sp³-hybridized carbons (Fsp3) is 0. The summed E-state index contributed by atoms with van der Waals surface area (Å²) in [6.07, 6.45) is 0. The van der Waals surface area contributed by atoms with Gasteiger partial charge in [0, 0.05) is 33.4 Å². The molecule has 0 saturated heterocycles. The molecular formula is C88H56N8. The number of fused-ring (bicyclic) bond motifs is 2. The summed E-state index contributed by atoms with van der Waals surface area (Å²) < 4.78 is 0. The third-order valence-corrected chi connectivity index (χ3v) is 17.2. The van der Waals surface area contributed by atoms with Crippen molar-refractivity contribution >= 4 is 21.5 Å². The summed E-state index contributed by atoms with van der Waals surface area (Å²) >= 11 is 0. The van der Waals surface area contributed by atoms with Crippen LogP contribution >= 0.6 is 0 Å². The summed E-state index contributed by atoms with van der Waals surface area (Å²) in [6, 6.07) is 120. The Labute approximate surface area is 556 Å². The summed E-state index contributed by atoms with van der Waals surface area (Å²) in [4.78, 5) is 29.1. The first-order valence-electron chi connectivity index (χ1n) is 31.7. The van der Waals surface area contributed by atoms with Gasteiger partial charge in [-0.25, -0.2) is 29.9 Å². The first-order chi connectivity index (χ1) is 47.4. The average Bonchev–Trinajstić information content (AvgIpc) is 0.915. The number of aromatic nitrogens is 6. The van der Waals surface area contributed by atoms with Crippen LogP contribution in [-0.2, 0) is 0 Å². The highest BCUT2D eigenvalue weighted by Gasteiger charge is 2.16. The van der Waals surface area contributed by atoms with Crippen LogP contribution in [0.25, 0.3) is 157 Å². The number of benzene rings is 14. The van der Waals surface area contributed by atoms with Crippen LogP contribution in [0.5, 0.6) is 0 Å². The number of hydrogen-bond acceptors (Lipinski definition) is 8. The van der Waals surface area contributed by atoms with Crippen molar-refractivity contribution < 1.29 is 0 Å². The van der Waals surface area contributed by atoms with Gasteiger partial charge in [0.05, 0.1) is 23.3 Å². The van der Waals surface area contributed by atoms with Gasteiger partial charge in [0.25, 0.3) is 0 Å². The quantitative estimate of drug-likeness (QED) is 0.118. The molecule has 2 aromatic heterocycles. The van der Waals surface area contributed by atoms with Gasteiger partial charge in [0.1, 0.15) is 0 Å². The van der Waals surface area contributed by atoms with Crippen LogP contribution in [0, 0.1) is 22.7 Å². The lowest BCUT2D eigenvalue weighted by Crippen LogP contribution is -2.00. The maximum absolute atomic E-state index is 9.50. The topological polar surface area (TPSA) is 125 Å². The number of nitrogens with zero attached hydrogens (tertiary/aromatic N) is 8. The Kier molecular flexibility index (Phi) is 16.5. The smallest absolute Gasteiger partial charge is 0.164 e. The predicted molar refractivity (Wildman–Crippen MR) is 389 cm³/mol. The minimum absolute atomic E-state index is 0.641. The maximum Gasteiger partial charge on any atom is 0.164 e. The van der Waals surface area contributed by atoms with Gasteiger partial charge in [-0.15, -0.1) is 0 Å². The standard InChI is InChI=1S/2C44H28N4/c45-29-30-8-7-13-37(26-30)31-14-16-32(17-15-31)38-22-24-41-28-39(23-25-40(41)27-38)33-18-20-36(21-19-33)44-47-42(34-9-3-1-4-10-34)46-43(48-44)35-11-5-2-6-12-35;45-29-40-13-7-8-14-41(40)32-19-15-30(16-20-32)36-23-25-39-28-37(24-26-38(39)27-36)31-17-21-35(22-18-31)44-47-42(33-9-3-1-4-10-33)46-43(48-44)34-11-5-2-6-12-34/h2*1-28H. The molecule has 0 saturated carbocycles. The highest BCUT2D eigenvalue weighted by atomic mass is 15.0. The highest BCUT2D eigenvalue weighted by Crippen LogP contribution is 2.36. The van der Waals surface area contributed by atoms with Crippen LogP contribution in [0.2, 0.25) is 0 Å². The van der Waals surface area contributed by atoms with E-state index in [1.807, 2.05) is 170 Å². The van der Waals surface area contributed by atoms with Gasteiger partial charge in [0.15, 0.2) is 34.9 Å². The molecule has 0 aliphatic heterocycles. The van der Waals surface area contributed by atoms with E-state index in [2.05, 4.69) is 182 Å². The van der Waals surface area contributed by atoms with E-state index in [0.29, 0.717) is 46.1 Å². The minimum atomic E-state index is 0.641. The summed E-state index contributed by atoms with van der Waals surface area (Å²) in [5.74, 6) is 3.89. The first kappa shape index (κ1) is 58.9. The molecule has 0 amide bonds. The van der Waals surface area contributed by atoms with E-state index in [1.54, 1.807) is 0 Å². The van der Waals surface area contributed by atoms with E-state index in [4.69, 9.17) is 29.9 Å². The zero-order chi connectivity index (χ0) is 64.6. The van der Waals surface area contributed by atoms with E-state index >= 15 is 0 Å². The van der Waals surface area contributed by atoms with E-state index in [1.165, 1.54) is 27.1 Å². The van der Waals surface area contributed by atoms with Crippen LogP contribution in [0.4, 0.5) is 0 Å². The Bertz CT molecular complexity index is 5440. The Balaban J connectivity index is 0.000000158. The van der Waals surface area contributed by atoms with Crippen LogP contribution in [0.3, 0.4) is 0 Å². The normalized spacial score (nSPS) is 10.9. The van der Waals surface area contributed by atoms with Crippen molar-refractivity contribution in [1.82, 2.24) is 29.9 Å². The van der Waals surface area contributed by atoms with Gasteiger partial charge in [-0.3, -0.25) is 0 Å². The van der Waals surface area contributed by atoms with Gasteiger partial charge in [-0.05, 0) is 131 Å². The minimum Gasteiger partial charge on any atom is -0.208 e. The Morgan fingerprint density at radius 2 is 0.417 bits per heavy atom. The molecule has 0 bridgehead atoms. The molecule has 14 aromatic carbocycles. The van der Waals surface area contributed by atoms with Crippen LogP contribution in [-0.4, -0.2) is 29.9 Å². The molecular weight excluding hydrogens is 1170 g/mol. The molecule has 0 aliphatic carbocycles. The van der Waals surface area contributed by atoms with Crippen molar-refractivity contribution in [2.75, 3.05) is 0 Å². The average molecular weight is 1230 g/mol. The maximum atomic E-state index is 9.50. The lowest BCUT2D eigenvalue weighted by molar-refractivity contribution is 1.07. The van der Waals surface area contributed by atoms with Gasteiger partial charge in [-0.2, -0.15) is 10.5 Å². The molecule has 16 rings (SSSR count). The fourth-order valence-electron chi connectivity index (χ4n) is 12.0. The SMILES string of the molecule is N#Cc1cccc(-c2ccc(-c3ccc4cc(-c5ccc(-c6nc(-c7ccccc7)nc(-c7ccccc7)n6)cc5)ccc4c3)cc2)c1.N#Cc1ccccc1-c1ccc(-c2ccc3cc(-c4ccc(-c5nc(-c6ccccc6)nc(-c6ccccc6)n5)cc4)ccc3c2)cc1. The third-order valence-electron chi connectivity index (χ3n) is 17.2. The van der Waals surface area contributed by atoms with E-state index in [-0.39, 0.29) is 0 Å². The van der Waals surface area contributed by atoms with Crippen molar-refractivity contribution in [3.8, 4) is 147 Å². The second kappa shape index (κ2) is 26.8. The van der Waals surface area contributed by atoms with Crippen molar-refractivity contribution in [3.63, 3.8) is 0 Å². The van der Waals surface area contributed by atoms with E-state index < -0.39 is 0 Å². The molecule has 0 fully saturated rings. The molecule has 0 unspecified atom stereocenters. The van der Waals surface area contributed by atoms with Crippen molar-refractivity contribution in [1.29, 1.82) is 10.5 Å². The van der Waals surface area contributed by atoms with Gasteiger partial charge in [0.2, 0.25) is 0 Å². The van der Waals surface area contributed by atoms with Crippen LogP contribution in [0.1, 0.15) is 11.1 Å². The lowest BCUT2D eigenvalue weighted by atomic mass is 9.95. The Morgan fingerprint density at radius 3 is 0.719 bits per heavy atom. The van der Waals surface area contributed by atoms with Crippen molar-refractivity contribution in [2.45, 2.75) is 0 Å². The van der Waals surface area contributed by atoms with Crippen molar-refractivity contribution in [3.05, 3.63) is 351 Å². The van der Waals surface area contributed by atoms with Gasteiger partial charge in [-0.1, -0.05) is 297 Å². The Hall–Kier alpha value is -13.4. The molecule has 0 N–H and O–H groups in total. The summed E-state index contributed by atoms with van der Waals surface area (Å²) in [5, 5.41) is 23.5. The molecule has 0 atom stereocenters. The number of rotatable bonds is 12. The molecule has 0 radical (unpaired) electrons. The zero-order valence-corrected chi connectivity index (χ0v) is 51.9. The molecule has 2 heterocycles. The molecule has 0 aliphatic rings. The second-order valence-corrected chi connectivity index (χ2v) is 23.3. The lowest BCUT2D eigenvalue weighted by Gasteiger charge is -2.10. The van der Waals surface area contributed by atoms with Gasteiger partial charge >= 0.3 is 0 Å². The fourth-order valence-corrected chi connectivity index (χ4v) is 12.0. The predicted octanol–water partition coefficient (Wildman–Crippen LogP) is 21.8. The van der Waals surface area contributed by atoms with Crippen LogP contribution in [0.15, 0.2) is 340 Å². The molecule has 16 aromatic rings. The summed E-state index contributed by atoms with van der Waals surface area (Å²) in [6.45, 7) is 0. The molecule has 96 heavy (non-hydrogen) atoms. The highest BCUT2D eigenvalue weighted by molar-refractivity contribution is 5.93. The number of nitriles is 2. The molecule has 448 valence electrons. The largest absolute Gasteiger partial charge is 0.208 e. The van der Waals surface area contributed by atoms with E-state index in [0.717, 1.165) is 94.6 Å². The number of hydrogen-bond donors (Lipinski definition) is 0.